The molecular weight excluding hydrogens is 238 g/mol. The molecule has 1 aliphatic carbocycles. The van der Waals surface area contributed by atoms with E-state index < -0.39 is 5.54 Å². The minimum Gasteiger partial charge on any atom is -0.394 e. The van der Waals surface area contributed by atoms with Crippen LogP contribution in [0.4, 0.5) is 0 Å². The van der Waals surface area contributed by atoms with Gasteiger partial charge in [-0.05, 0) is 56.8 Å². The van der Waals surface area contributed by atoms with Gasteiger partial charge in [-0.15, -0.1) is 0 Å². The summed E-state index contributed by atoms with van der Waals surface area (Å²) in [6.45, 7) is 9.81. The standard InChI is InChI=1S/C16H33NO2/c1-13-9-14(11-15(2,3)10-13)19-8-6-5-7-16(4,17)12-18/h13-14,18H,5-12,17H2,1-4H3. The van der Waals surface area contributed by atoms with Crippen LogP contribution in [0.15, 0.2) is 0 Å². The van der Waals surface area contributed by atoms with Crippen LogP contribution in [0.5, 0.6) is 0 Å². The number of rotatable bonds is 7. The predicted octanol–water partition coefficient (Wildman–Crippen LogP) is 3.10. The van der Waals surface area contributed by atoms with Crippen molar-refractivity contribution in [3.05, 3.63) is 0 Å². The normalized spacial score (nSPS) is 30.0. The molecule has 3 nitrogen and oxygen atoms in total. The number of ether oxygens (including phenoxy) is 1. The molecule has 3 unspecified atom stereocenters. The zero-order valence-electron chi connectivity index (χ0n) is 13.2. The third-order valence-corrected chi connectivity index (χ3v) is 4.20. The van der Waals surface area contributed by atoms with Crippen LogP contribution in [0, 0.1) is 11.3 Å². The molecule has 1 fully saturated rings. The first-order valence-corrected chi connectivity index (χ1v) is 7.75. The van der Waals surface area contributed by atoms with Crippen LogP contribution in [-0.4, -0.2) is 30.0 Å². The average molecular weight is 271 g/mol. The van der Waals surface area contributed by atoms with Gasteiger partial charge < -0.3 is 15.6 Å². The summed E-state index contributed by atoms with van der Waals surface area (Å²) in [7, 11) is 0. The zero-order chi connectivity index (χ0) is 14.5. The Labute approximate surface area is 118 Å². The second-order valence-corrected chi connectivity index (χ2v) is 7.68. The predicted molar refractivity (Wildman–Crippen MR) is 80.1 cm³/mol. The molecule has 0 aromatic carbocycles. The largest absolute Gasteiger partial charge is 0.394 e. The summed E-state index contributed by atoms with van der Waals surface area (Å²) in [5, 5.41) is 9.08. The van der Waals surface area contributed by atoms with E-state index in [4.69, 9.17) is 15.6 Å². The lowest BCUT2D eigenvalue weighted by Crippen LogP contribution is -2.40. The molecule has 3 N–H and O–H groups in total. The Morgan fingerprint density at radius 2 is 2.00 bits per heavy atom. The van der Waals surface area contributed by atoms with E-state index in [0.29, 0.717) is 11.5 Å². The van der Waals surface area contributed by atoms with E-state index in [2.05, 4.69) is 20.8 Å². The fourth-order valence-corrected chi connectivity index (χ4v) is 3.35. The van der Waals surface area contributed by atoms with Crippen molar-refractivity contribution in [1.29, 1.82) is 0 Å². The third-order valence-electron chi connectivity index (χ3n) is 4.20. The third kappa shape index (κ3) is 6.73. The summed E-state index contributed by atoms with van der Waals surface area (Å²) in [6.07, 6.45) is 7.06. The summed E-state index contributed by atoms with van der Waals surface area (Å²) in [5.74, 6) is 0.774. The molecule has 1 aliphatic rings. The van der Waals surface area contributed by atoms with Gasteiger partial charge in [-0.25, -0.2) is 0 Å². The van der Waals surface area contributed by atoms with Gasteiger partial charge in [-0.1, -0.05) is 20.8 Å². The lowest BCUT2D eigenvalue weighted by atomic mass is 9.71. The first-order chi connectivity index (χ1) is 8.74. The first kappa shape index (κ1) is 16.9. The second kappa shape index (κ2) is 7.05. The lowest BCUT2D eigenvalue weighted by molar-refractivity contribution is -0.0244. The fourth-order valence-electron chi connectivity index (χ4n) is 3.35. The van der Waals surface area contributed by atoms with Crippen LogP contribution in [0.3, 0.4) is 0 Å². The molecule has 0 aromatic rings. The average Bonchev–Trinajstić information content (AvgIpc) is 2.25. The molecule has 1 rings (SSSR count). The Kier molecular flexibility index (Phi) is 6.28. The van der Waals surface area contributed by atoms with Crippen molar-refractivity contribution in [2.45, 2.75) is 77.9 Å². The monoisotopic (exact) mass is 271 g/mol. The van der Waals surface area contributed by atoms with Gasteiger partial charge in [0.25, 0.3) is 0 Å². The summed E-state index contributed by atoms with van der Waals surface area (Å²) in [6, 6.07) is 0. The highest BCUT2D eigenvalue weighted by molar-refractivity contribution is 4.83. The maximum atomic E-state index is 9.08. The highest BCUT2D eigenvalue weighted by atomic mass is 16.5. The first-order valence-electron chi connectivity index (χ1n) is 7.75. The zero-order valence-corrected chi connectivity index (χ0v) is 13.2. The van der Waals surface area contributed by atoms with Gasteiger partial charge in [0, 0.05) is 12.1 Å². The van der Waals surface area contributed by atoms with Gasteiger partial charge in [0.2, 0.25) is 0 Å². The maximum absolute atomic E-state index is 9.08. The van der Waals surface area contributed by atoms with Gasteiger partial charge in [0.1, 0.15) is 0 Å². The van der Waals surface area contributed by atoms with E-state index in [9.17, 15) is 0 Å². The molecule has 0 bridgehead atoms. The van der Waals surface area contributed by atoms with E-state index in [-0.39, 0.29) is 6.61 Å². The minimum atomic E-state index is -0.429. The van der Waals surface area contributed by atoms with Gasteiger partial charge >= 0.3 is 0 Å². The molecular formula is C16H33NO2. The maximum Gasteiger partial charge on any atom is 0.0608 e. The van der Waals surface area contributed by atoms with Crippen molar-refractivity contribution in [3.8, 4) is 0 Å². The Hall–Kier alpha value is -0.120. The van der Waals surface area contributed by atoms with Crippen molar-refractivity contribution < 1.29 is 9.84 Å². The Morgan fingerprint density at radius 3 is 2.58 bits per heavy atom. The van der Waals surface area contributed by atoms with Crippen LogP contribution in [-0.2, 0) is 4.74 Å². The van der Waals surface area contributed by atoms with Crippen LogP contribution in [0.25, 0.3) is 0 Å². The Balaban J connectivity index is 2.16. The number of unbranched alkanes of at least 4 members (excludes halogenated alkanes) is 1. The van der Waals surface area contributed by atoms with E-state index in [1.165, 1.54) is 19.3 Å². The van der Waals surface area contributed by atoms with E-state index in [0.717, 1.165) is 31.8 Å². The molecule has 0 heterocycles. The van der Waals surface area contributed by atoms with Gasteiger partial charge in [0.15, 0.2) is 0 Å². The highest BCUT2D eigenvalue weighted by Crippen LogP contribution is 2.39. The van der Waals surface area contributed by atoms with Crippen molar-refractivity contribution in [1.82, 2.24) is 0 Å². The van der Waals surface area contributed by atoms with E-state index in [1.54, 1.807) is 0 Å². The quantitative estimate of drug-likeness (QED) is 0.700. The van der Waals surface area contributed by atoms with Crippen molar-refractivity contribution >= 4 is 0 Å². The van der Waals surface area contributed by atoms with Gasteiger partial charge in [0.05, 0.1) is 12.7 Å². The molecule has 114 valence electrons. The molecule has 0 aliphatic heterocycles. The molecule has 1 saturated carbocycles. The van der Waals surface area contributed by atoms with Crippen LogP contribution < -0.4 is 5.73 Å². The summed E-state index contributed by atoms with van der Waals surface area (Å²) in [5.41, 5.74) is 5.90. The summed E-state index contributed by atoms with van der Waals surface area (Å²) >= 11 is 0. The molecule has 0 spiro atoms. The molecule has 3 atom stereocenters. The number of aliphatic hydroxyl groups excluding tert-OH is 1. The minimum absolute atomic E-state index is 0.0577. The lowest BCUT2D eigenvalue weighted by Gasteiger charge is -2.38. The van der Waals surface area contributed by atoms with E-state index >= 15 is 0 Å². The van der Waals surface area contributed by atoms with Crippen LogP contribution in [0.2, 0.25) is 0 Å². The van der Waals surface area contributed by atoms with Crippen LogP contribution >= 0.6 is 0 Å². The van der Waals surface area contributed by atoms with Crippen LogP contribution in [0.1, 0.15) is 66.2 Å². The van der Waals surface area contributed by atoms with Crippen molar-refractivity contribution in [2.75, 3.05) is 13.2 Å². The number of nitrogens with two attached hydrogens (primary N) is 1. The van der Waals surface area contributed by atoms with Crippen molar-refractivity contribution in [3.63, 3.8) is 0 Å². The molecule has 3 heteroatoms. The summed E-state index contributed by atoms with van der Waals surface area (Å²) < 4.78 is 6.03. The molecule has 0 amide bonds. The number of hydrogen-bond donors (Lipinski definition) is 2. The van der Waals surface area contributed by atoms with Gasteiger partial charge in [-0.3, -0.25) is 0 Å². The Bertz CT molecular complexity index is 263. The number of aliphatic hydroxyl groups is 1. The highest BCUT2D eigenvalue weighted by Gasteiger charge is 2.32. The van der Waals surface area contributed by atoms with Gasteiger partial charge in [-0.2, -0.15) is 0 Å². The molecule has 0 radical (unpaired) electrons. The fraction of sp³-hybridized carbons (Fsp3) is 1.00. The second-order valence-electron chi connectivity index (χ2n) is 7.68. The number of hydrogen-bond acceptors (Lipinski definition) is 3. The molecule has 19 heavy (non-hydrogen) atoms. The van der Waals surface area contributed by atoms with E-state index in [1.807, 2.05) is 6.92 Å². The molecule has 0 aromatic heterocycles. The smallest absolute Gasteiger partial charge is 0.0608 e. The Morgan fingerprint density at radius 1 is 1.32 bits per heavy atom. The topological polar surface area (TPSA) is 55.5 Å². The SMILES string of the molecule is CC1CC(OCCCCC(C)(N)CO)CC(C)(C)C1. The summed E-state index contributed by atoms with van der Waals surface area (Å²) in [4.78, 5) is 0. The molecule has 0 saturated heterocycles. The van der Waals surface area contributed by atoms with Crippen molar-refractivity contribution in [2.24, 2.45) is 17.1 Å².